The number of rotatable bonds is 6. The van der Waals surface area contributed by atoms with Gasteiger partial charge < -0.3 is 13.7 Å². The summed E-state index contributed by atoms with van der Waals surface area (Å²) in [5.41, 5.74) is 0. The van der Waals surface area contributed by atoms with Crippen molar-refractivity contribution in [1.82, 2.24) is 0 Å². The molecular formula is C18H12O6PS3-3. The molecule has 3 rings (SSSR count). The molecule has 0 saturated carbocycles. The maximum atomic E-state index is 11.1. The average Bonchev–Trinajstić information content (AvgIpc) is 2.69. The summed E-state index contributed by atoms with van der Waals surface area (Å²) in [5.74, 6) is 0. The summed E-state index contributed by atoms with van der Waals surface area (Å²) in [7, 11) is -1.14. The van der Waals surface area contributed by atoms with Gasteiger partial charge in [-0.15, -0.1) is 0 Å². The molecule has 3 aromatic carbocycles. The highest BCUT2D eigenvalue weighted by molar-refractivity contribution is 7.80. The summed E-state index contributed by atoms with van der Waals surface area (Å²) in [6.45, 7) is 0. The molecule has 0 heterocycles. The first-order valence-electron chi connectivity index (χ1n) is 7.75. The van der Waals surface area contributed by atoms with Crippen molar-refractivity contribution in [3.05, 3.63) is 72.8 Å². The van der Waals surface area contributed by atoms with E-state index in [1.54, 1.807) is 36.4 Å². The molecule has 0 saturated heterocycles. The number of hydrogen-bond acceptors (Lipinski definition) is 6. The van der Waals surface area contributed by atoms with Gasteiger partial charge in [-0.1, -0.05) is 36.4 Å². The molecule has 0 bridgehead atoms. The van der Waals surface area contributed by atoms with Crippen molar-refractivity contribution in [2.24, 2.45) is 0 Å². The Morgan fingerprint density at radius 1 is 0.464 bits per heavy atom. The number of hydrogen-bond donors (Lipinski definition) is 0. The van der Waals surface area contributed by atoms with Crippen molar-refractivity contribution in [1.29, 1.82) is 0 Å². The van der Waals surface area contributed by atoms with Gasteiger partial charge in [0.05, 0.1) is 0 Å². The SMILES string of the molecule is O=S([O-])c1ccc(P(c2ccc(S(=O)[O-])cc2)c2ccc(S(=O)[O-])cc2)cc1. The van der Waals surface area contributed by atoms with E-state index in [9.17, 15) is 26.3 Å². The molecular weight excluding hydrogens is 439 g/mol. The fourth-order valence-electron chi connectivity index (χ4n) is 2.57. The zero-order valence-corrected chi connectivity index (χ0v) is 17.4. The molecule has 0 aliphatic carbocycles. The van der Waals surface area contributed by atoms with Gasteiger partial charge in [0.25, 0.3) is 0 Å². The first-order valence-corrected chi connectivity index (χ1v) is 12.3. The molecule has 3 unspecified atom stereocenters. The Balaban J connectivity index is 2.08. The van der Waals surface area contributed by atoms with Gasteiger partial charge in [0, 0.05) is 14.7 Å². The molecule has 0 N–H and O–H groups in total. The summed E-state index contributed by atoms with van der Waals surface area (Å²) in [4.78, 5) is 0.480. The molecule has 28 heavy (non-hydrogen) atoms. The van der Waals surface area contributed by atoms with E-state index >= 15 is 0 Å². The lowest BCUT2D eigenvalue weighted by Gasteiger charge is -2.21. The van der Waals surface area contributed by atoms with Crippen LogP contribution >= 0.6 is 7.92 Å². The van der Waals surface area contributed by atoms with E-state index < -0.39 is 41.2 Å². The molecule has 0 aliphatic heterocycles. The van der Waals surface area contributed by atoms with Gasteiger partial charge in [-0.2, -0.15) is 0 Å². The van der Waals surface area contributed by atoms with Gasteiger partial charge in [0.15, 0.2) is 0 Å². The van der Waals surface area contributed by atoms with Gasteiger partial charge in [-0.25, -0.2) is 0 Å². The summed E-state index contributed by atoms with van der Waals surface area (Å²) in [5, 5.41) is 2.53. The fourth-order valence-corrected chi connectivity index (χ4v) is 5.88. The Kier molecular flexibility index (Phi) is 7.00. The number of benzene rings is 3. The predicted octanol–water partition coefficient (Wildman–Crippen LogP) is 1.16. The predicted molar refractivity (Wildman–Crippen MR) is 107 cm³/mol. The van der Waals surface area contributed by atoms with E-state index in [0.717, 1.165) is 15.9 Å². The van der Waals surface area contributed by atoms with Crippen molar-refractivity contribution in [3.8, 4) is 0 Å². The van der Waals surface area contributed by atoms with Crippen molar-refractivity contribution >= 4 is 57.1 Å². The smallest absolute Gasteiger partial charge is 0.0249 e. The molecule has 3 aromatic rings. The summed E-state index contributed by atoms with van der Waals surface area (Å²) < 4.78 is 66.7. The van der Waals surface area contributed by atoms with Gasteiger partial charge in [0.1, 0.15) is 0 Å². The minimum atomic E-state index is -2.34. The second-order valence-electron chi connectivity index (χ2n) is 5.52. The Hall–Kier alpha value is -1.58. The van der Waals surface area contributed by atoms with Crippen LogP contribution in [0.2, 0.25) is 0 Å². The van der Waals surface area contributed by atoms with Crippen LogP contribution < -0.4 is 15.9 Å². The van der Waals surface area contributed by atoms with E-state index in [0.29, 0.717) is 0 Å². The summed E-state index contributed by atoms with van der Waals surface area (Å²) in [6.07, 6.45) is 0. The van der Waals surface area contributed by atoms with E-state index in [1.165, 1.54) is 36.4 Å². The highest BCUT2D eigenvalue weighted by Crippen LogP contribution is 2.33. The Bertz CT molecular complexity index is 900. The van der Waals surface area contributed by atoms with Gasteiger partial charge in [0.2, 0.25) is 0 Å². The van der Waals surface area contributed by atoms with Crippen LogP contribution in [0.25, 0.3) is 0 Å². The first kappa shape index (κ1) is 21.1. The largest absolute Gasteiger partial charge is 0.768 e. The molecule has 0 spiro atoms. The van der Waals surface area contributed by atoms with E-state index in [2.05, 4.69) is 0 Å². The fraction of sp³-hybridized carbons (Fsp3) is 0. The molecule has 0 amide bonds. The van der Waals surface area contributed by atoms with Crippen LogP contribution in [-0.4, -0.2) is 26.3 Å². The van der Waals surface area contributed by atoms with Crippen molar-refractivity contribution in [2.45, 2.75) is 14.7 Å². The lowest BCUT2D eigenvalue weighted by molar-refractivity contribution is 0.535. The van der Waals surface area contributed by atoms with Crippen LogP contribution in [-0.2, 0) is 33.2 Å². The van der Waals surface area contributed by atoms with E-state index in [1.807, 2.05) is 0 Å². The molecule has 0 aromatic heterocycles. The second-order valence-corrected chi connectivity index (χ2v) is 10.6. The maximum absolute atomic E-state index is 11.1. The molecule has 0 radical (unpaired) electrons. The van der Waals surface area contributed by atoms with Crippen molar-refractivity contribution in [2.75, 3.05) is 0 Å². The Morgan fingerprint density at radius 3 is 0.857 bits per heavy atom. The zero-order chi connectivity index (χ0) is 20.3. The lowest BCUT2D eigenvalue weighted by Crippen LogP contribution is -2.21. The molecule has 10 heteroatoms. The van der Waals surface area contributed by atoms with E-state index in [4.69, 9.17) is 0 Å². The highest BCUT2D eigenvalue weighted by atomic mass is 32.2. The van der Waals surface area contributed by atoms with Crippen LogP contribution in [0.5, 0.6) is 0 Å². The quantitative estimate of drug-likeness (QED) is 0.410. The molecule has 3 atom stereocenters. The van der Waals surface area contributed by atoms with Crippen molar-refractivity contribution in [3.63, 3.8) is 0 Å². The highest BCUT2D eigenvalue weighted by Gasteiger charge is 2.17. The molecule has 146 valence electrons. The third-order valence-electron chi connectivity index (χ3n) is 3.86. The monoisotopic (exact) mass is 451 g/mol. The van der Waals surface area contributed by atoms with Gasteiger partial charge in [-0.3, -0.25) is 12.6 Å². The second kappa shape index (κ2) is 9.28. The molecule has 6 nitrogen and oxygen atoms in total. The van der Waals surface area contributed by atoms with E-state index in [-0.39, 0.29) is 14.7 Å². The minimum absolute atomic E-state index is 0.160. The van der Waals surface area contributed by atoms with Crippen molar-refractivity contribution < 1.29 is 26.3 Å². The standard InChI is InChI=1S/C18H15O6PS3/c19-26(20)16-7-1-13(2-8-16)25(14-3-9-17(10-4-14)27(21)22)15-5-11-18(12-6-15)28(23)24/h1-12H,(H,19,20)(H,21,22)(H,23,24)/p-3. The first-order chi connectivity index (χ1) is 13.4. The Morgan fingerprint density at radius 2 is 0.679 bits per heavy atom. The third kappa shape index (κ3) is 4.87. The lowest BCUT2D eigenvalue weighted by atomic mass is 10.3. The molecule has 0 aliphatic rings. The van der Waals surface area contributed by atoms with Crippen LogP contribution in [0.3, 0.4) is 0 Å². The normalized spacial score (nSPS) is 15.5. The summed E-state index contributed by atoms with van der Waals surface area (Å²) in [6, 6.07) is 19.2. The maximum Gasteiger partial charge on any atom is 0.0249 e. The van der Waals surface area contributed by atoms with Crippen LogP contribution in [0, 0.1) is 0 Å². The third-order valence-corrected chi connectivity index (χ3v) is 8.28. The zero-order valence-electron chi connectivity index (χ0n) is 14.0. The summed E-state index contributed by atoms with van der Waals surface area (Å²) >= 11 is -7.01. The average molecular weight is 451 g/mol. The van der Waals surface area contributed by atoms with Crippen LogP contribution in [0.4, 0.5) is 0 Å². The topological polar surface area (TPSA) is 120 Å². The van der Waals surface area contributed by atoms with Crippen LogP contribution in [0.1, 0.15) is 0 Å². The van der Waals surface area contributed by atoms with Gasteiger partial charge in [-0.05, 0) is 93.5 Å². The Labute approximate surface area is 170 Å². The van der Waals surface area contributed by atoms with Crippen LogP contribution in [0.15, 0.2) is 87.5 Å². The molecule has 0 fully saturated rings. The minimum Gasteiger partial charge on any atom is -0.768 e. The van der Waals surface area contributed by atoms with Gasteiger partial charge >= 0.3 is 0 Å².